The molecule has 1 saturated heterocycles. The lowest BCUT2D eigenvalue weighted by molar-refractivity contribution is -0.148. The highest BCUT2D eigenvalue weighted by Crippen LogP contribution is 2.38. The van der Waals surface area contributed by atoms with E-state index < -0.39 is 21.4 Å². The van der Waals surface area contributed by atoms with Crippen molar-refractivity contribution < 1.29 is 18.3 Å². The van der Waals surface area contributed by atoms with E-state index in [9.17, 15) is 18.3 Å². The van der Waals surface area contributed by atoms with Gasteiger partial charge in [0.15, 0.2) is 0 Å². The van der Waals surface area contributed by atoms with Crippen LogP contribution in [-0.2, 0) is 14.8 Å². The minimum Gasteiger partial charge on any atom is -0.481 e. The average molecular weight is 333 g/mol. The normalized spacial score (nSPS) is 23.3. The van der Waals surface area contributed by atoms with Gasteiger partial charge in [0.2, 0.25) is 10.0 Å². The minimum absolute atomic E-state index is 0.0241. The van der Waals surface area contributed by atoms with Gasteiger partial charge in [0, 0.05) is 19.3 Å². The van der Waals surface area contributed by atoms with Crippen LogP contribution >= 0.6 is 11.6 Å². The van der Waals surface area contributed by atoms with Gasteiger partial charge in [-0.15, -0.1) is 0 Å². The fourth-order valence-electron chi connectivity index (χ4n) is 2.71. The maximum Gasteiger partial charge on any atom is 0.311 e. The number of carboxylic acids is 1. The van der Waals surface area contributed by atoms with Crippen LogP contribution in [0.3, 0.4) is 0 Å². The van der Waals surface area contributed by atoms with E-state index in [4.69, 9.17) is 11.6 Å². The molecule has 1 aliphatic rings. The van der Waals surface area contributed by atoms with Crippen LogP contribution in [0.5, 0.6) is 0 Å². The molecule has 1 N–H and O–H groups in total. The van der Waals surface area contributed by atoms with Crippen molar-refractivity contribution in [2.45, 2.75) is 31.1 Å². The topological polar surface area (TPSA) is 87.6 Å². The maximum atomic E-state index is 12.6. The lowest BCUT2D eigenvalue weighted by Crippen LogP contribution is -2.37. The number of aromatic nitrogens is 1. The Hall–Kier alpha value is -1.18. The number of pyridine rings is 1. The third-order valence-corrected chi connectivity index (χ3v) is 6.13. The van der Waals surface area contributed by atoms with E-state index in [1.807, 2.05) is 6.92 Å². The molecule has 1 fully saturated rings. The second-order valence-corrected chi connectivity index (χ2v) is 7.48. The zero-order valence-electron chi connectivity index (χ0n) is 11.6. The van der Waals surface area contributed by atoms with Crippen molar-refractivity contribution in [1.29, 1.82) is 0 Å². The van der Waals surface area contributed by atoms with Crippen LogP contribution in [0.15, 0.2) is 23.2 Å². The minimum atomic E-state index is -3.82. The Morgan fingerprint density at radius 1 is 1.57 bits per heavy atom. The van der Waals surface area contributed by atoms with Gasteiger partial charge < -0.3 is 5.11 Å². The Kier molecular flexibility index (Phi) is 4.55. The number of carbonyl (C=O) groups is 1. The molecule has 0 aromatic carbocycles. The van der Waals surface area contributed by atoms with E-state index in [0.717, 1.165) is 0 Å². The maximum absolute atomic E-state index is 12.6. The summed E-state index contributed by atoms with van der Waals surface area (Å²) in [5.74, 6) is -0.945. The van der Waals surface area contributed by atoms with E-state index in [1.165, 1.54) is 22.6 Å². The van der Waals surface area contributed by atoms with Crippen molar-refractivity contribution in [3.05, 3.63) is 23.5 Å². The molecule has 8 heteroatoms. The van der Waals surface area contributed by atoms with Crippen molar-refractivity contribution in [3.8, 4) is 0 Å². The number of hydrogen-bond acceptors (Lipinski definition) is 4. The summed E-state index contributed by atoms with van der Waals surface area (Å²) >= 11 is 5.85. The fraction of sp³-hybridized carbons (Fsp3) is 0.538. The number of halogens is 1. The second kappa shape index (κ2) is 5.90. The van der Waals surface area contributed by atoms with Crippen LogP contribution in [0.1, 0.15) is 26.2 Å². The number of rotatable bonds is 5. The molecule has 1 unspecified atom stereocenters. The molecular weight excluding hydrogens is 316 g/mol. The van der Waals surface area contributed by atoms with Crippen molar-refractivity contribution in [1.82, 2.24) is 9.29 Å². The summed E-state index contributed by atoms with van der Waals surface area (Å²) in [5, 5.41) is 9.35. The van der Waals surface area contributed by atoms with Crippen LogP contribution in [0.2, 0.25) is 5.15 Å². The first-order chi connectivity index (χ1) is 9.83. The van der Waals surface area contributed by atoms with Crippen LogP contribution in [0.4, 0.5) is 0 Å². The predicted octanol–water partition coefficient (Wildman–Crippen LogP) is 2.00. The van der Waals surface area contributed by atoms with Crippen molar-refractivity contribution >= 4 is 27.6 Å². The molecular formula is C13H17ClN2O4S. The molecule has 0 aliphatic carbocycles. The summed E-state index contributed by atoms with van der Waals surface area (Å²) < 4.78 is 26.4. The van der Waals surface area contributed by atoms with Crippen LogP contribution in [-0.4, -0.2) is 41.9 Å². The number of aliphatic carboxylic acids is 1. The molecule has 1 aromatic rings. The van der Waals surface area contributed by atoms with Gasteiger partial charge in [-0.2, -0.15) is 4.31 Å². The first kappa shape index (κ1) is 16.2. The molecule has 0 radical (unpaired) electrons. The Bertz CT molecular complexity index is 649. The van der Waals surface area contributed by atoms with Crippen LogP contribution < -0.4 is 0 Å². The lowest BCUT2D eigenvalue weighted by atomic mass is 9.83. The van der Waals surface area contributed by atoms with Crippen LogP contribution in [0, 0.1) is 5.41 Å². The van der Waals surface area contributed by atoms with E-state index in [2.05, 4.69) is 4.98 Å². The molecule has 2 rings (SSSR count). The molecule has 0 spiro atoms. The standard InChI is InChI=1S/C13H17ClN2O4S/c1-2-5-13(12(17)18)6-8-16(9-13)21(19,20)10-4-3-7-15-11(10)14/h3-4,7H,2,5-6,8-9H2,1H3,(H,17,18). The first-order valence-corrected chi connectivity index (χ1v) is 8.49. The van der Waals surface area contributed by atoms with Gasteiger partial charge in [-0.05, 0) is 25.0 Å². The predicted molar refractivity (Wildman–Crippen MR) is 77.6 cm³/mol. The summed E-state index contributed by atoms with van der Waals surface area (Å²) in [4.78, 5) is 15.2. The zero-order valence-corrected chi connectivity index (χ0v) is 13.2. The number of nitrogens with zero attached hydrogens (tertiary/aromatic N) is 2. The van der Waals surface area contributed by atoms with Gasteiger partial charge in [-0.3, -0.25) is 4.79 Å². The summed E-state index contributed by atoms with van der Waals surface area (Å²) in [7, 11) is -3.82. The molecule has 1 aromatic heterocycles. The molecule has 6 nitrogen and oxygen atoms in total. The van der Waals surface area contributed by atoms with Crippen LogP contribution in [0.25, 0.3) is 0 Å². The van der Waals surface area contributed by atoms with Crippen molar-refractivity contribution in [3.63, 3.8) is 0 Å². The molecule has 0 saturated carbocycles. The molecule has 21 heavy (non-hydrogen) atoms. The monoisotopic (exact) mass is 332 g/mol. The van der Waals surface area contributed by atoms with E-state index in [0.29, 0.717) is 19.3 Å². The van der Waals surface area contributed by atoms with Gasteiger partial charge in [-0.25, -0.2) is 13.4 Å². The summed E-state index contributed by atoms with van der Waals surface area (Å²) in [6, 6.07) is 2.87. The Morgan fingerprint density at radius 2 is 2.29 bits per heavy atom. The Labute approximate surface area is 128 Å². The summed E-state index contributed by atoms with van der Waals surface area (Å²) in [6.45, 7) is 2.05. The number of carboxylic acid groups (broad SMARTS) is 1. The first-order valence-electron chi connectivity index (χ1n) is 6.67. The van der Waals surface area contributed by atoms with Gasteiger partial charge in [0.25, 0.3) is 0 Å². The summed E-state index contributed by atoms with van der Waals surface area (Å²) in [6.07, 6.45) is 2.86. The lowest BCUT2D eigenvalue weighted by Gasteiger charge is -2.24. The SMILES string of the molecule is CCCC1(C(=O)O)CCN(S(=O)(=O)c2cccnc2Cl)C1. The molecule has 1 aliphatic heterocycles. The highest BCUT2D eigenvalue weighted by Gasteiger charge is 2.48. The third-order valence-electron chi connectivity index (χ3n) is 3.84. The van der Waals surface area contributed by atoms with E-state index in [1.54, 1.807) is 0 Å². The van der Waals surface area contributed by atoms with Crippen molar-refractivity contribution in [2.24, 2.45) is 5.41 Å². The van der Waals surface area contributed by atoms with Gasteiger partial charge in [0.05, 0.1) is 5.41 Å². The smallest absolute Gasteiger partial charge is 0.311 e. The van der Waals surface area contributed by atoms with Crippen molar-refractivity contribution in [2.75, 3.05) is 13.1 Å². The molecule has 2 heterocycles. The van der Waals surface area contributed by atoms with E-state index in [-0.39, 0.29) is 23.1 Å². The van der Waals surface area contributed by atoms with Gasteiger partial charge in [0.1, 0.15) is 10.0 Å². The summed E-state index contributed by atoms with van der Waals surface area (Å²) in [5.41, 5.74) is -1.00. The third kappa shape index (κ3) is 2.90. The fourth-order valence-corrected chi connectivity index (χ4v) is 4.66. The van der Waals surface area contributed by atoms with Gasteiger partial charge >= 0.3 is 5.97 Å². The number of hydrogen-bond donors (Lipinski definition) is 1. The second-order valence-electron chi connectivity index (χ2n) is 5.22. The Morgan fingerprint density at radius 3 is 2.86 bits per heavy atom. The largest absolute Gasteiger partial charge is 0.481 e. The molecule has 0 amide bonds. The van der Waals surface area contributed by atoms with Gasteiger partial charge in [-0.1, -0.05) is 24.9 Å². The zero-order chi connectivity index (χ0) is 15.7. The number of sulfonamides is 1. The molecule has 1 atom stereocenters. The van der Waals surface area contributed by atoms with E-state index >= 15 is 0 Å². The highest BCUT2D eigenvalue weighted by molar-refractivity contribution is 7.89. The average Bonchev–Trinajstić information content (AvgIpc) is 2.86. The molecule has 116 valence electrons. The molecule has 0 bridgehead atoms. The quantitative estimate of drug-likeness (QED) is 0.833. The Balaban J connectivity index is 2.32. The highest BCUT2D eigenvalue weighted by atomic mass is 35.5.